The van der Waals surface area contributed by atoms with Gasteiger partial charge in [-0.05, 0) is 94.0 Å². The minimum Gasteiger partial charge on any atom is -0.292 e. The van der Waals surface area contributed by atoms with Crippen LogP contribution in [0.1, 0.15) is 25.3 Å². The number of pyridine rings is 2. The van der Waals surface area contributed by atoms with E-state index in [1.807, 2.05) is 12.4 Å². The van der Waals surface area contributed by atoms with E-state index < -0.39 is 0 Å². The highest BCUT2D eigenvalue weighted by Crippen LogP contribution is 2.38. The highest BCUT2D eigenvalue weighted by atomic mass is 15.1. The Balaban J connectivity index is 1.23. The summed E-state index contributed by atoms with van der Waals surface area (Å²) < 4.78 is 2.22. The summed E-state index contributed by atoms with van der Waals surface area (Å²) in [5.41, 5.74) is 7.72. The van der Waals surface area contributed by atoms with E-state index in [-0.39, 0.29) is 0 Å². The van der Waals surface area contributed by atoms with Gasteiger partial charge in [0.05, 0.1) is 22.9 Å². The minimum absolute atomic E-state index is 0.883. The zero-order valence-corrected chi connectivity index (χ0v) is 24.3. The van der Waals surface area contributed by atoms with Crippen molar-refractivity contribution in [2.45, 2.75) is 19.8 Å². The summed E-state index contributed by atoms with van der Waals surface area (Å²) in [6.07, 6.45) is 8.04. The van der Waals surface area contributed by atoms with Gasteiger partial charge in [-0.25, -0.2) is 4.98 Å². The third kappa shape index (κ3) is 3.81. The van der Waals surface area contributed by atoms with Crippen molar-refractivity contribution in [1.29, 1.82) is 0 Å². The molecule has 1 aliphatic rings. The first kappa shape index (κ1) is 24.9. The molecule has 4 heterocycles. The van der Waals surface area contributed by atoms with Crippen LogP contribution in [0.25, 0.3) is 71.2 Å². The van der Waals surface area contributed by atoms with Crippen molar-refractivity contribution in [1.82, 2.24) is 14.5 Å². The standard InChI is InChI=1S/C40H28N4/c1-25-8-6-12-36(42-25)26-16-18-30-31-19-17-27(23-35(31)29-10-3-2-9-28(29)34(30)22-26)37-13-7-15-40(43-37)44-38-14-5-4-11-32(38)33-20-21-41-24-39(33)44/h2-5,7-11,13-24H,6,12H2,1H3. The topological polar surface area (TPSA) is 43.1 Å². The molecule has 0 atom stereocenters. The zero-order chi connectivity index (χ0) is 29.2. The number of benzene rings is 5. The Labute approximate surface area is 254 Å². The quantitative estimate of drug-likeness (QED) is 0.200. The predicted octanol–water partition coefficient (Wildman–Crippen LogP) is 10.2. The molecular weight excluding hydrogens is 536 g/mol. The van der Waals surface area contributed by atoms with Crippen molar-refractivity contribution in [2.75, 3.05) is 0 Å². The van der Waals surface area contributed by atoms with Gasteiger partial charge in [0.15, 0.2) is 0 Å². The van der Waals surface area contributed by atoms with E-state index in [2.05, 4.69) is 132 Å². The van der Waals surface area contributed by atoms with Crippen molar-refractivity contribution in [3.8, 4) is 17.1 Å². The average Bonchev–Trinajstić information content (AvgIpc) is 3.42. The van der Waals surface area contributed by atoms with Gasteiger partial charge in [0.1, 0.15) is 5.82 Å². The Morgan fingerprint density at radius 1 is 0.591 bits per heavy atom. The Bertz CT molecular complexity index is 2440. The van der Waals surface area contributed by atoms with Gasteiger partial charge in [-0.3, -0.25) is 14.5 Å². The largest absolute Gasteiger partial charge is 0.292 e. The third-order valence-corrected chi connectivity index (χ3v) is 9.04. The van der Waals surface area contributed by atoms with Crippen LogP contribution >= 0.6 is 0 Å². The van der Waals surface area contributed by atoms with Gasteiger partial charge in [-0.2, -0.15) is 0 Å². The van der Waals surface area contributed by atoms with Gasteiger partial charge < -0.3 is 0 Å². The molecule has 0 saturated heterocycles. The van der Waals surface area contributed by atoms with Crippen LogP contribution in [-0.4, -0.2) is 20.2 Å². The molecule has 0 fully saturated rings. The van der Waals surface area contributed by atoms with Crippen molar-refractivity contribution < 1.29 is 0 Å². The molecule has 9 rings (SSSR count). The van der Waals surface area contributed by atoms with Crippen molar-refractivity contribution in [3.63, 3.8) is 0 Å². The number of hydrogen-bond acceptors (Lipinski definition) is 3. The summed E-state index contributed by atoms with van der Waals surface area (Å²) in [4.78, 5) is 14.5. The fraction of sp³-hybridized carbons (Fsp3) is 0.0750. The van der Waals surface area contributed by atoms with E-state index in [0.717, 1.165) is 46.6 Å². The Kier molecular flexibility index (Phi) is 5.51. The lowest BCUT2D eigenvalue weighted by Gasteiger charge is -2.15. The van der Waals surface area contributed by atoms with Crippen LogP contribution in [-0.2, 0) is 0 Å². The highest BCUT2D eigenvalue weighted by molar-refractivity contribution is 6.26. The van der Waals surface area contributed by atoms with Crippen molar-refractivity contribution >= 4 is 59.8 Å². The molecule has 0 unspecified atom stereocenters. The monoisotopic (exact) mass is 564 g/mol. The van der Waals surface area contributed by atoms with Crippen molar-refractivity contribution in [2.24, 2.45) is 4.99 Å². The number of rotatable bonds is 3. The van der Waals surface area contributed by atoms with Crippen LogP contribution in [0.5, 0.6) is 0 Å². The molecule has 44 heavy (non-hydrogen) atoms. The van der Waals surface area contributed by atoms with Crippen LogP contribution < -0.4 is 0 Å². The van der Waals surface area contributed by atoms with E-state index in [9.17, 15) is 0 Å². The lowest BCUT2D eigenvalue weighted by atomic mass is 9.90. The molecule has 0 spiro atoms. The van der Waals surface area contributed by atoms with Crippen LogP contribution in [0.2, 0.25) is 0 Å². The van der Waals surface area contributed by atoms with Gasteiger partial charge in [-0.1, -0.05) is 78.9 Å². The van der Waals surface area contributed by atoms with E-state index >= 15 is 0 Å². The molecule has 0 aliphatic carbocycles. The number of para-hydroxylation sites is 1. The molecule has 0 amide bonds. The second-order valence-electron chi connectivity index (χ2n) is 11.6. The van der Waals surface area contributed by atoms with E-state index in [1.54, 1.807) is 0 Å². The Morgan fingerprint density at radius 2 is 1.27 bits per heavy atom. The summed E-state index contributed by atoms with van der Waals surface area (Å²) in [6, 6.07) is 39.3. The Morgan fingerprint density at radius 3 is 2.07 bits per heavy atom. The number of aromatic nitrogens is 3. The molecule has 8 aromatic rings. The zero-order valence-electron chi connectivity index (χ0n) is 24.3. The van der Waals surface area contributed by atoms with Crippen LogP contribution in [0.15, 0.2) is 138 Å². The molecule has 3 aromatic heterocycles. The first-order valence-electron chi connectivity index (χ1n) is 15.2. The normalized spacial score (nSPS) is 13.7. The molecule has 0 saturated carbocycles. The molecule has 0 N–H and O–H groups in total. The number of allylic oxidation sites excluding steroid dienone is 2. The summed E-state index contributed by atoms with van der Waals surface area (Å²) >= 11 is 0. The summed E-state index contributed by atoms with van der Waals surface area (Å²) in [6.45, 7) is 2.09. The van der Waals surface area contributed by atoms with Gasteiger partial charge in [0.25, 0.3) is 0 Å². The molecule has 1 aliphatic heterocycles. The van der Waals surface area contributed by atoms with Gasteiger partial charge in [-0.15, -0.1) is 0 Å². The number of aliphatic imine (C=N–C) groups is 1. The maximum atomic E-state index is 5.22. The van der Waals surface area contributed by atoms with Crippen LogP contribution in [0, 0.1) is 0 Å². The lowest BCUT2D eigenvalue weighted by molar-refractivity contribution is 1.02. The number of fused-ring (bicyclic) bond motifs is 9. The van der Waals surface area contributed by atoms with E-state index in [1.165, 1.54) is 54.4 Å². The van der Waals surface area contributed by atoms with Crippen LogP contribution in [0.4, 0.5) is 0 Å². The average molecular weight is 565 g/mol. The second kappa shape index (κ2) is 9.72. The first-order valence-corrected chi connectivity index (χ1v) is 15.2. The summed E-state index contributed by atoms with van der Waals surface area (Å²) in [5.74, 6) is 0.883. The molecule has 0 bridgehead atoms. The lowest BCUT2D eigenvalue weighted by Crippen LogP contribution is -2.04. The van der Waals surface area contributed by atoms with Crippen molar-refractivity contribution in [3.05, 3.63) is 139 Å². The Hall–Kier alpha value is -5.61. The fourth-order valence-electron chi connectivity index (χ4n) is 7.01. The maximum absolute atomic E-state index is 5.22. The summed E-state index contributed by atoms with van der Waals surface area (Å²) in [7, 11) is 0. The number of hydrogen-bond donors (Lipinski definition) is 0. The molecule has 208 valence electrons. The second-order valence-corrected chi connectivity index (χ2v) is 11.6. The smallest absolute Gasteiger partial charge is 0.138 e. The molecule has 5 aromatic carbocycles. The maximum Gasteiger partial charge on any atom is 0.138 e. The molecular formula is C40H28N4. The van der Waals surface area contributed by atoms with E-state index in [4.69, 9.17) is 9.98 Å². The minimum atomic E-state index is 0.883. The first-order chi connectivity index (χ1) is 21.7. The summed E-state index contributed by atoms with van der Waals surface area (Å²) in [5, 5.41) is 9.91. The third-order valence-electron chi connectivity index (χ3n) is 9.04. The molecule has 0 radical (unpaired) electrons. The fourth-order valence-corrected chi connectivity index (χ4v) is 7.01. The molecule has 4 nitrogen and oxygen atoms in total. The van der Waals surface area contributed by atoms with Gasteiger partial charge in [0.2, 0.25) is 0 Å². The predicted molar refractivity (Wildman–Crippen MR) is 184 cm³/mol. The van der Waals surface area contributed by atoms with Crippen LogP contribution in [0.3, 0.4) is 0 Å². The molecule has 4 heteroatoms. The van der Waals surface area contributed by atoms with Gasteiger partial charge in [0, 0.05) is 33.9 Å². The van der Waals surface area contributed by atoms with Gasteiger partial charge >= 0.3 is 0 Å². The SMILES string of the molecule is CC1=CCCC(c2ccc3c4ccc(-c5cccc(-n6c7ccccc7c7ccncc76)n5)cc4c4ccccc4c3c2)=N1. The highest BCUT2D eigenvalue weighted by Gasteiger charge is 2.16. The number of nitrogens with zero attached hydrogens (tertiary/aromatic N) is 4. The van der Waals surface area contributed by atoms with E-state index in [0.29, 0.717) is 0 Å².